The van der Waals surface area contributed by atoms with E-state index in [0.717, 1.165) is 5.76 Å². The Bertz CT molecular complexity index is 1410. The van der Waals surface area contributed by atoms with E-state index >= 15 is 0 Å². The van der Waals surface area contributed by atoms with Crippen LogP contribution in [0.5, 0.6) is 0 Å². The topological polar surface area (TPSA) is 13.1 Å². The number of hydrogen-bond donors (Lipinski definition) is 0. The second-order valence-corrected chi connectivity index (χ2v) is 21.1. The third kappa shape index (κ3) is 5.14. The van der Waals surface area contributed by atoms with Gasteiger partial charge in [-0.2, -0.15) is 6.07 Å². The molecule has 3 heterocycles. The summed E-state index contributed by atoms with van der Waals surface area (Å²) in [6.07, 6.45) is 0. The maximum Gasteiger partial charge on any atom is 3.00 e. The molecule has 1 radical (unpaired) electrons. The van der Waals surface area contributed by atoms with Crippen LogP contribution in [-0.4, -0.2) is 16.1 Å². The molecule has 1 aliphatic carbocycles. The second-order valence-electron chi connectivity index (χ2n) is 11.5. The van der Waals surface area contributed by atoms with Crippen molar-refractivity contribution in [2.45, 2.75) is 59.0 Å². The Labute approximate surface area is 250 Å². The SMILES string of the molecule is CC1=C2c3cc(C)oc3C1[Si]2(C)C.Cc1cc2c(-c3ccc([Si](C)(C)C)cc3)cccc2[cH-]1.[Cl-].[Cl-].[Zr+3]. The standard InChI is InChI=1S/C19H21Si.C11H14OSi.2ClH.Zr/c1-14-12-16-6-5-7-18(19(16)13-14)15-8-10-17(11-9-15)20(2,3)4;1-6-5-8-9(12-6)11-7(2)10(8)13(11,3)4;;;/h5-13H,1-4H3;5,11H,1-4H3;2*1H;/q-1;;;;+3/p-2. The quantitative estimate of drug-likeness (QED) is 0.245. The molecule has 36 heavy (non-hydrogen) atoms. The van der Waals surface area contributed by atoms with Crippen LogP contribution in [0, 0.1) is 13.8 Å². The average molecular weight is 630 g/mol. The minimum Gasteiger partial charge on any atom is -1.00 e. The van der Waals surface area contributed by atoms with Crippen molar-refractivity contribution < 1.29 is 55.4 Å². The van der Waals surface area contributed by atoms with E-state index in [0.29, 0.717) is 5.54 Å². The molecule has 7 rings (SSSR count). The Kier molecular flexibility index (Phi) is 9.52. The fourth-order valence-corrected chi connectivity index (χ4v) is 11.4. The first-order valence-corrected chi connectivity index (χ1v) is 18.6. The van der Waals surface area contributed by atoms with Crippen LogP contribution in [0.3, 0.4) is 0 Å². The Balaban J connectivity index is 0.000000250. The predicted octanol–water partition coefficient (Wildman–Crippen LogP) is 2.34. The summed E-state index contributed by atoms with van der Waals surface area (Å²) in [5.41, 5.74) is 7.74. The molecule has 0 saturated carbocycles. The van der Waals surface area contributed by atoms with Gasteiger partial charge in [0.2, 0.25) is 0 Å². The molecule has 6 heteroatoms. The third-order valence-electron chi connectivity index (χ3n) is 7.57. The predicted molar refractivity (Wildman–Crippen MR) is 149 cm³/mol. The van der Waals surface area contributed by atoms with Crippen LogP contribution >= 0.6 is 0 Å². The first kappa shape index (κ1) is 31.2. The van der Waals surface area contributed by atoms with Gasteiger partial charge in [0, 0.05) is 11.1 Å². The summed E-state index contributed by atoms with van der Waals surface area (Å²) in [5.74, 6) is 2.35. The van der Waals surface area contributed by atoms with Gasteiger partial charge in [0.05, 0.1) is 16.1 Å². The van der Waals surface area contributed by atoms with E-state index in [1.165, 1.54) is 44.0 Å². The van der Waals surface area contributed by atoms with Crippen LogP contribution in [0.2, 0.25) is 32.7 Å². The maximum atomic E-state index is 5.78. The Morgan fingerprint density at radius 1 is 0.861 bits per heavy atom. The molecule has 1 nitrogen and oxygen atoms in total. The van der Waals surface area contributed by atoms with E-state index in [9.17, 15) is 0 Å². The molecule has 3 aliphatic rings. The minimum absolute atomic E-state index is 0. The fourth-order valence-electron chi connectivity index (χ4n) is 6.07. The molecule has 3 aromatic carbocycles. The number of benzene rings is 2. The van der Waals surface area contributed by atoms with Crippen molar-refractivity contribution in [2.75, 3.05) is 0 Å². The molecule has 0 spiro atoms. The van der Waals surface area contributed by atoms with Crippen LogP contribution in [0.1, 0.15) is 35.1 Å². The first-order valence-electron chi connectivity index (χ1n) is 12.1. The van der Waals surface area contributed by atoms with Gasteiger partial charge in [-0.15, -0.1) is 34.5 Å². The Morgan fingerprint density at radius 3 is 2.06 bits per heavy atom. The van der Waals surface area contributed by atoms with Gasteiger partial charge >= 0.3 is 26.2 Å². The molecule has 0 N–H and O–H groups in total. The second kappa shape index (κ2) is 11.0. The van der Waals surface area contributed by atoms with Crippen molar-refractivity contribution in [1.82, 2.24) is 0 Å². The molecular weight excluding hydrogens is 595 g/mol. The summed E-state index contributed by atoms with van der Waals surface area (Å²) in [6, 6.07) is 22.5. The summed E-state index contributed by atoms with van der Waals surface area (Å²) < 4.78 is 5.78. The van der Waals surface area contributed by atoms with Gasteiger partial charge in [-0.3, -0.25) is 0 Å². The molecule has 1 aromatic heterocycles. The van der Waals surface area contributed by atoms with Gasteiger partial charge < -0.3 is 29.2 Å². The van der Waals surface area contributed by atoms with Crippen LogP contribution in [0.4, 0.5) is 0 Å². The largest absolute Gasteiger partial charge is 3.00 e. The average Bonchev–Trinajstić information content (AvgIpc) is 3.41. The van der Waals surface area contributed by atoms with E-state index < -0.39 is 16.1 Å². The van der Waals surface area contributed by atoms with Crippen LogP contribution in [-0.2, 0) is 26.2 Å². The zero-order valence-electron chi connectivity index (χ0n) is 22.5. The fraction of sp³-hybridized carbons (Fsp3) is 0.300. The van der Waals surface area contributed by atoms with E-state index in [2.05, 4.69) is 107 Å². The van der Waals surface area contributed by atoms with Crippen molar-refractivity contribution in [3.63, 3.8) is 0 Å². The van der Waals surface area contributed by atoms with Crippen molar-refractivity contribution in [2.24, 2.45) is 0 Å². The number of furan rings is 1. The molecule has 2 aliphatic heterocycles. The van der Waals surface area contributed by atoms with Crippen molar-refractivity contribution >= 4 is 37.3 Å². The summed E-state index contributed by atoms with van der Waals surface area (Å²) in [7, 11) is -2.31. The van der Waals surface area contributed by atoms with Gasteiger partial charge in [0.15, 0.2) is 0 Å². The number of fused-ring (bicyclic) bond motifs is 1. The zero-order chi connectivity index (χ0) is 23.7. The Hall–Kier alpha value is -1.03. The summed E-state index contributed by atoms with van der Waals surface area (Å²) in [4.78, 5) is 0. The van der Waals surface area contributed by atoms with E-state index in [-0.39, 0.29) is 51.0 Å². The van der Waals surface area contributed by atoms with Gasteiger partial charge in [-0.05, 0) is 30.7 Å². The van der Waals surface area contributed by atoms with Gasteiger partial charge in [-0.1, -0.05) is 86.3 Å². The van der Waals surface area contributed by atoms with Crippen LogP contribution in [0.25, 0.3) is 27.1 Å². The van der Waals surface area contributed by atoms with Crippen LogP contribution in [0.15, 0.2) is 70.7 Å². The smallest absolute Gasteiger partial charge is 1.00 e. The molecule has 0 amide bonds. The summed E-state index contributed by atoms with van der Waals surface area (Å²) in [5, 5.41) is 5.90. The number of halogens is 2. The van der Waals surface area contributed by atoms with Gasteiger partial charge in [-0.25, -0.2) is 0 Å². The first-order chi connectivity index (χ1) is 15.5. The third-order valence-corrected chi connectivity index (χ3v) is 13.7. The molecule has 4 aromatic rings. The number of hydrogen-bond acceptors (Lipinski definition) is 1. The Morgan fingerprint density at radius 2 is 1.50 bits per heavy atom. The van der Waals surface area contributed by atoms with Crippen molar-refractivity contribution in [3.8, 4) is 11.1 Å². The molecule has 0 fully saturated rings. The summed E-state index contributed by atoms with van der Waals surface area (Å²) in [6.45, 7) is 18.6. The van der Waals surface area contributed by atoms with Crippen LogP contribution < -0.4 is 30.0 Å². The van der Waals surface area contributed by atoms with E-state index in [4.69, 9.17) is 4.42 Å². The zero-order valence-corrected chi connectivity index (χ0v) is 28.5. The van der Waals surface area contributed by atoms with E-state index in [1.54, 1.807) is 10.8 Å². The molecule has 2 bridgehead atoms. The number of allylic oxidation sites excluding steroid dienone is 1. The molecule has 1 atom stereocenters. The number of rotatable bonds is 2. The summed E-state index contributed by atoms with van der Waals surface area (Å²) >= 11 is 0. The molecular formula is C30H35Cl2OSi2Zr. The molecule has 0 saturated heterocycles. The van der Waals surface area contributed by atoms with Gasteiger partial charge in [0.25, 0.3) is 0 Å². The normalized spacial score (nSPS) is 16.6. The number of aryl methyl sites for hydroxylation is 2. The minimum atomic E-state index is -1.21. The maximum absolute atomic E-state index is 5.78. The van der Waals surface area contributed by atoms with Crippen molar-refractivity contribution in [3.05, 3.63) is 88.9 Å². The monoisotopic (exact) mass is 627 g/mol. The van der Waals surface area contributed by atoms with Crippen molar-refractivity contribution in [1.29, 1.82) is 0 Å². The molecule has 1 unspecified atom stereocenters. The van der Waals surface area contributed by atoms with Gasteiger partial charge in [0.1, 0.15) is 11.5 Å². The molecule has 187 valence electrons. The van der Waals surface area contributed by atoms with E-state index in [1.807, 2.05) is 6.92 Å².